The zero-order chi connectivity index (χ0) is 12.3. The minimum absolute atomic E-state index is 0.0387. The van der Waals surface area contributed by atoms with E-state index in [4.69, 9.17) is 15.7 Å². The van der Waals surface area contributed by atoms with Crippen LogP contribution < -0.4 is 5.73 Å². The van der Waals surface area contributed by atoms with E-state index in [0.717, 1.165) is 12.1 Å². The van der Waals surface area contributed by atoms with Gasteiger partial charge in [0.25, 0.3) is 0 Å². The normalized spacial score (nSPS) is 25.5. The summed E-state index contributed by atoms with van der Waals surface area (Å²) in [4.78, 5) is 2.21. The van der Waals surface area contributed by atoms with Crippen molar-refractivity contribution in [2.45, 2.75) is 12.1 Å². The van der Waals surface area contributed by atoms with Gasteiger partial charge in [-0.2, -0.15) is 5.26 Å². The minimum Gasteiger partial charge on any atom is -0.374 e. The summed E-state index contributed by atoms with van der Waals surface area (Å²) < 4.78 is 5.69. The maximum absolute atomic E-state index is 9.15. The van der Waals surface area contributed by atoms with Crippen LogP contribution in [0.15, 0.2) is 24.3 Å². The SMILES string of the molecule is CN1CCOC(CN)C1c1ccccc1C#N. The monoisotopic (exact) mass is 231 g/mol. The number of hydrogen-bond acceptors (Lipinski definition) is 4. The van der Waals surface area contributed by atoms with Gasteiger partial charge in [0.2, 0.25) is 0 Å². The van der Waals surface area contributed by atoms with Gasteiger partial charge < -0.3 is 10.5 Å². The first-order valence-electron chi connectivity index (χ1n) is 5.79. The summed E-state index contributed by atoms with van der Waals surface area (Å²) in [5, 5.41) is 9.15. The highest BCUT2D eigenvalue weighted by Crippen LogP contribution is 2.29. The van der Waals surface area contributed by atoms with E-state index in [1.54, 1.807) is 0 Å². The molecule has 0 aliphatic carbocycles. The third-order valence-electron chi connectivity index (χ3n) is 3.24. The van der Waals surface area contributed by atoms with E-state index >= 15 is 0 Å². The van der Waals surface area contributed by atoms with Crippen molar-refractivity contribution in [3.8, 4) is 6.07 Å². The van der Waals surface area contributed by atoms with Crippen LogP contribution in [-0.2, 0) is 4.74 Å². The number of likely N-dealkylation sites (N-methyl/N-ethyl adjacent to an activating group) is 1. The Morgan fingerprint density at radius 2 is 2.29 bits per heavy atom. The molecule has 1 heterocycles. The van der Waals surface area contributed by atoms with Gasteiger partial charge in [-0.15, -0.1) is 0 Å². The van der Waals surface area contributed by atoms with Crippen LogP contribution in [0.4, 0.5) is 0 Å². The molecule has 2 rings (SSSR count). The summed E-state index contributed by atoms with van der Waals surface area (Å²) in [7, 11) is 2.05. The molecule has 0 spiro atoms. The fraction of sp³-hybridized carbons (Fsp3) is 0.462. The lowest BCUT2D eigenvalue weighted by atomic mass is 9.94. The topological polar surface area (TPSA) is 62.3 Å². The first-order chi connectivity index (χ1) is 8.27. The Labute approximate surface area is 102 Å². The lowest BCUT2D eigenvalue weighted by Gasteiger charge is -2.39. The molecule has 1 aliphatic heterocycles. The minimum atomic E-state index is -0.0387. The molecule has 2 unspecified atom stereocenters. The molecule has 17 heavy (non-hydrogen) atoms. The van der Waals surface area contributed by atoms with Gasteiger partial charge in [0.15, 0.2) is 0 Å². The third kappa shape index (κ3) is 2.32. The van der Waals surface area contributed by atoms with Crippen molar-refractivity contribution in [1.29, 1.82) is 5.26 Å². The molecule has 1 fully saturated rings. The molecule has 1 aliphatic rings. The molecule has 1 saturated heterocycles. The number of benzene rings is 1. The van der Waals surface area contributed by atoms with Gasteiger partial charge in [0.05, 0.1) is 30.4 Å². The van der Waals surface area contributed by atoms with E-state index < -0.39 is 0 Å². The van der Waals surface area contributed by atoms with Crippen molar-refractivity contribution in [3.05, 3.63) is 35.4 Å². The van der Waals surface area contributed by atoms with Gasteiger partial charge in [0.1, 0.15) is 0 Å². The van der Waals surface area contributed by atoms with E-state index in [0.29, 0.717) is 18.7 Å². The number of morpholine rings is 1. The lowest BCUT2D eigenvalue weighted by Crippen LogP contribution is -2.46. The largest absolute Gasteiger partial charge is 0.374 e. The molecule has 0 bridgehead atoms. The molecule has 0 saturated carbocycles. The standard InChI is InChI=1S/C13H17N3O/c1-16-6-7-17-12(9-15)13(16)11-5-3-2-4-10(11)8-14/h2-5,12-13H,6-7,9,15H2,1H3. The Kier molecular flexibility index (Phi) is 3.75. The highest BCUT2D eigenvalue weighted by molar-refractivity contribution is 5.40. The second-order valence-corrected chi connectivity index (χ2v) is 4.27. The Bertz CT molecular complexity index is 427. The van der Waals surface area contributed by atoms with Crippen molar-refractivity contribution >= 4 is 0 Å². The molecule has 2 N–H and O–H groups in total. The maximum Gasteiger partial charge on any atom is 0.0995 e. The molecular weight excluding hydrogens is 214 g/mol. The highest BCUT2D eigenvalue weighted by atomic mass is 16.5. The zero-order valence-corrected chi connectivity index (χ0v) is 9.97. The molecule has 1 aromatic rings. The van der Waals surface area contributed by atoms with Crippen LogP contribution in [-0.4, -0.2) is 37.7 Å². The summed E-state index contributed by atoms with van der Waals surface area (Å²) in [5.74, 6) is 0. The van der Waals surface area contributed by atoms with Gasteiger partial charge in [-0.3, -0.25) is 4.90 Å². The van der Waals surface area contributed by atoms with Crippen molar-refractivity contribution in [2.75, 3.05) is 26.7 Å². The molecule has 90 valence electrons. The predicted molar refractivity (Wildman–Crippen MR) is 65.3 cm³/mol. The second-order valence-electron chi connectivity index (χ2n) is 4.27. The van der Waals surface area contributed by atoms with Crippen LogP contribution in [0.3, 0.4) is 0 Å². The van der Waals surface area contributed by atoms with E-state index in [2.05, 4.69) is 11.0 Å². The van der Waals surface area contributed by atoms with Gasteiger partial charge >= 0.3 is 0 Å². The highest BCUT2D eigenvalue weighted by Gasteiger charge is 2.31. The molecule has 4 nitrogen and oxygen atoms in total. The van der Waals surface area contributed by atoms with Crippen molar-refractivity contribution in [1.82, 2.24) is 4.90 Å². The third-order valence-corrected chi connectivity index (χ3v) is 3.24. The fourth-order valence-electron chi connectivity index (χ4n) is 2.35. The lowest BCUT2D eigenvalue weighted by molar-refractivity contribution is -0.0577. The molecule has 0 amide bonds. The van der Waals surface area contributed by atoms with E-state index in [9.17, 15) is 0 Å². The van der Waals surface area contributed by atoms with Crippen LogP contribution >= 0.6 is 0 Å². The van der Waals surface area contributed by atoms with Crippen LogP contribution in [0.25, 0.3) is 0 Å². The Balaban J connectivity index is 2.38. The zero-order valence-electron chi connectivity index (χ0n) is 9.97. The predicted octanol–water partition coefficient (Wildman–Crippen LogP) is 0.889. The average molecular weight is 231 g/mol. The van der Waals surface area contributed by atoms with E-state index in [1.165, 1.54) is 0 Å². The number of hydrogen-bond donors (Lipinski definition) is 1. The molecular formula is C13H17N3O. The number of rotatable bonds is 2. The smallest absolute Gasteiger partial charge is 0.0995 e. The first-order valence-corrected chi connectivity index (χ1v) is 5.79. The first kappa shape index (κ1) is 12.1. The van der Waals surface area contributed by atoms with Crippen molar-refractivity contribution in [3.63, 3.8) is 0 Å². The Hall–Kier alpha value is -1.41. The average Bonchev–Trinajstić information content (AvgIpc) is 2.38. The summed E-state index contributed by atoms with van der Waals surface area (Å²) >= 11 is 0. The Morgan fingerprint density at radius 3 is 3.00 bits per heavy atom. The van der Waals surface area contributed by atoms with Crippen LogP contribution in [0, 0.1) is 11.3 Å². The summed E-state index contributed by atoms with van der Waals surface area (Å²) in [6, 6.07) is 9.96. The fourth-order valence-corrected chi connectivity index (χ4v) is 2.35. The van der Waals surface area contributed by atoms with Gasteiger partial charge in [-0.1, -0.05) is 18.2 Å². The summed E-state index contributed by atoms with van der Waals surface area (Å²) in [6.07, 6.45) is -0.0387. The number of nitrogens with zero attached hydrogens (tertiary/aromatic N) is 2. The quantitative estimate of drug-likeness (QED) is 0.821. The number of ether oxygens (including phenoxy) is 1. The van der Waals surface area contributed by atoms with Gasteiger partial charge in [-0.25, -0.2) is 0 Å². The molecule has 0 radical (unpaired) electrons. The Morgan fingerprint density at radius 1 is 1.53 bits per heavy atom. The van der Waals surface area contributed by atoms with Crippen LogP contribution in [0.5, 0.6) is 0 Å². The molecule has 1 aromatic carbocycles. The molecule has 2 atom stereocenters. The van der Waals surface area contributed by atoms with Crippen LogP contribution in [0.2, 0.25) is 0 Å². The maximum atomic E-state index is 9.15. The summed E-state index contributed by atoms with van der Waals surface area (Å²) in [5.41, 5.74) is 7.46. The van der Waals surface area contributed by atoms with Gasteiger partial charge in [0, 0.05) is 13.1 Å². The second kappa shape index (κ2) is 5.28. The van der Waals surface area contributed by atoms with Crippen molar-refractivity contribution in [2.24, 2.45) is 5.73 Å². The molecule has 0 aromatic heterocycles. The van der Waals surface area contributed by atoms with E-state index in [1.807, 2.05) is 31.3 Å². The van der Waals surface area contributed by atoms with Gasteiger partial charge in [-0.05, 0) is 18.7 Å². The number of nitrogens with two attached hydrogens (primary N) is 1. The van der Waals surface area contributed by atoms with Crippen molar-refractivity contribution < 1.29 is 4.74 Å². The van der Waals surface area contributed by atoms with Crippen LogP contribution in [0.1, 0.15) is 17.2 Å². The van der Waals surface area contributed by atoms with E-state index in [-0.39, 0.29) is 12.1 Å². The summed E-state index contributed by atoms with van der Waals surface area (Å²) in [6.45, 7) is 2.03. The molecule has 4 heteroatoms. The number of nitriles is 1.